The second-order valence-corrected chi connectivity index (χ2v) is 5.07. The molecule has 2 rings (SSSR count). The minimum Gasteiger partial charge on any atom is -0.310 e. The Morgan fingerprint density at radius 2 is 1.86 bits per heavy atom. The van der Waals surface area contributed by atoms with Gasteiger partial charge in [-0.25, -0.2) is 13.2 Å². The van der Waals surface area contributed by atoms with Gasteiger partial charge in [-0.2, -0.15) is 0 Å². The van der Waals surface area contributed by atoms with E-state index in [1.807, 2.05) is 6.92 Å². The fourth-order valence-electron chi connectivity index (χ4n) is 2.25. The van der Waals surface area contributed by atoms with E-state index in [0.717, 1.165) is 18.2 Å². The van der Waals surface area contributed by atoms with Crippen molar-refractivity contribution in [3.63, 3.8) is 0 Å². The largest absolute Gasteiger partial charge is 0.310 e. The van der Waals surface area contributed by atoms with Crippen LogP contribution in [0.4, 0.5) is 13.2 Å². The van der Waals surface area contributed by atoms with Gasteiger partial charge in [0.1, 0.15) is 17.5 Å². The highest BCUT2D eigenvalue weighted by molar-refractivity contribution is 6.31. The van der Waals surface area contributed by atoms with Crippen LogP contribution in [-0.4, -0.2) is 6.54 Å². The molecular weight excluding hydrogens is 299 g/mol. The summed E-state index contributed by atoms with van der Waals surface area (Å²) in [7, 11) is 0. The lowest BCUT2D eigenvalue weighted by Gasteiger charge is -2.20. The lowest BCUT2D eigenvalue weighted by molar-refractivity contribution is 0.501. The number of halogens is 4. The minimum absolute atomic E-state index is 0.0113. The highest BCUT2D eigenvalue weighted by Gasteiger charge is 2.18. The third kappa shape index (κ3) is 3.77. The molecule has 0 spiro atoms. The van der Waals surface area contributed by atoms with Gasteiger partial charge in [0.25, 0.3) is 0 Å². The Morgan fingerprint density at radius 3 is 2.57 bits per heavy atom. The van der Waals surface area contributed by atoms with Crippen LogP contribution in [0.5, 0.6) is 0 Å². The molecule has 1 N–H and O–H groups in total. The number of benzene rings is 2. The molecule has 1 unspecified atom stereocenters. The maximum Gasteiger partial charge on any atom is 0.142 e. The zero-order chi connectivity index (χ0) is 15.4. The van der Waals surface area contributed by atoms with Crippen molar-refractivity contribution in [2.75, 3.05) is 6.54 Å². The molecular formula is C16H15ClF3N. The summed E-state index contributed by atoms with van der Waals surface area (Å²) < 4.78 is 40.7. The molecule has 5 heteroatoms. The second kappa shape index (κ2) is 6.96. The molecule has 0 radical (unpaired) electrons. The summed E-state index contributed by atoms with van der Waals surface area (Å²) in [6.45, 7) is 2.42. The molecule has 112 valence electrons. The minimum atomic E-state index is -0.524. The molecule has 0 aliphatic rings. The first-order valence-electron chi connectivity index (χ1n) is 6.64. The molecule has 21 heavy (non-hydrogen) atoms. The van der Waals surface area contributed by atoms with E-state index in [2.05, 4.69) is 5.32 Å². The number of nitrogens with one attached hydrogen (secondary N) is 1. The highest BCUT2D eigenvalue weighted by Crippen LogP contribution is 2.27. The predicted octanol–water partition coefficient (Wildman–Crippen LogP) is 4.65. The normalized spacial score (nSPS) is 12.4. The molecule has 0 saturated heterocycles. The Labute approximate surface area is 126 Å². The van der Waals surface area contributed by atoms with E-state index in [1.165, 1.54) is 6.07 Å². The van der Waals surface area contributed by atoms with E-state index in [4.69, 9.17) is 11.6 Å². The Morgan fingerprint density at radius 1 is 1.10 bits per heavy atom. The van der Waals surface area contributed by atoms with Crippen molar-refractivity contribution < 1.29 is 13.2 Å². The van der Waals surface area contributed by atoms with Gasteiger partial charge in [0.2, 0.25) is 0 Å². The fourth-order valence-corrected chi connectivity index (χ4v) is 2.45. The first-order chi connectivity index (χ1) is 10.0. The summed E-state index contributed by atoms with van der Waals surface area (Å²) in [5, 5.41) is 3.09. The topological polar surface area (TPSA) is 12.0 Å². The number of likely N-dealkylation sites (N-methyl/N-ethyl adjacent to an activating group) is 1. The Balaban J connectivity index is 2.35. The monoisotopic (exact) mass is 313 g/mol. The van der Waals surface area contributed by atoms with Gasteiger partial charge < -0.3 is 5.32 Å². The molecule has 2 aromatic rings. The van der Waals surface area contributed by atoms with E-state index in [1.54, 1.807) is 12.1 Å². The summed E-state index contributed by atoms with van der Waals surface area (Å²) in [6.07, 6.45) is 0.269. The van der Waals surface area contributed by atoms with Gasteiger partial charge in [-0.3, -0.25) is 0 Å². The average Bonchev–Trinajstić information content (AvgIpc) is 2.46. The van der Waals surface area contributed by atoms with Crippen LogP contribution in [-0.2, 0) is 6.42 Å². The van der Waals surface area contributed by atoms with Gasteiger partial charge in [-0.1, -0.05) is 30.7 Å². The molecule has 0 saturated carbocycles. The quantitative estimate of drug-likeness (QED) is 0.847. The van der Waals surface area contributed by atoms with Crippen LogP contribution in [0.25, 0.3) is 0 Å². The molecule has 2 aromatic carbocycles. The van der Waals surface area contributed by atoms with Crippen LogP contribution in [0.15, 0.2) is 36.4 Å². The molecule has 0 bridgehead atoms. The van der Waals surface area contributed by atoms with Gasteiger partial charge >= 0.3 is 0 Å². The van der Waals surface area contributed by atoms with Crippen LogP contribution in [0, 0.1) is 17.5 Å². The predicted molar refractivity (Wildman–Crippen MR) is 77.9 cm³/mol. The highest BCUT2D eigenvalue weighted by atomic mass is 35.5. The van der Waals surface area contributed by atoms with Crippen molar-refractivity contribution in [2.24, 2.45) is 0 Å². The zero-order valence-electron chi connectivity index (χ0n) is 11.5. The van der Waals surface area contributed by atoms with E-state index in [0.29, 0.717) is 12.1 Å². The molecule has 0 aromatic heterocycles. The van der Waals surface area contributed by atoms with Crippen molar-refractivity contribution >= 4 is 11.6 Å². The summed E-state index contributed by atoms with van der Waals surface area (Å²) >= 11 is 5.93. The van der Waals surface area contributed by atoms with Crippen molar-refractivity contribution in [1.29, 1.82) is 0 Å². The van der Waals surface area contributed by atoms with Gasteiger partial charge in [-0.15, -0.1) is 0 Å². The first-order valence-corrected chi connectivity index (χ1v) is 7.02. The Bertz CT molecular complexity index is 631. The van der Waals surface area contributed by atoms with Crippen LogP contribution in [0.2, 0.25) is 5.02 Å². The van der Waals surface area contributed by atoms with Gasteiger partial charge in [0.15, 0.2) is 0 Å². The molecule has 0 amide bonds. The molecule has 0 fully saturated rings. The number of hydrogen-bond acceptors (Lipinski definition) is 1. The second-order valence-electron chi connectivity index (χ2n) is 4.69. The number of hydrogen-bond donors (Lipinski definition) is 1. The molecule has 1 nitrogen and oxygen atoms in total. The van der Waals surface area contributed by atoms with E-state index >= 15 is 0 Å². The summed E-state index contributed by atoms with van der Waals surface area (Å²) in [6, 6.07) is 7.30. The van der Waals surface area contributed by atoms with E-state index < -0.39 is 23.5 Å². The molecule has 0 aliphatic carbocycles. The lowest BCUT2D eigenvalue weighted by Crippen LogP contribution is -2.24. The van der Waals surface area contributed by atoms with Crippen LogP contribution < -0.4 is 5.32 Å². The maximum atomic E-state index is 13.9. The number of rotatable bonds is 5. The lowest BCUT2D eigenvalue weighted by atomic mass is 9.98. The first kappa shape index (κ1) is 15.9. The van der Waals surface area contributed by atoms with Crippen LogP contribution >= 0.6 is 11.6 Å². The SMILES string of the molecule is CCNC(Cc1cccc(F)c1Cl)c1cc(F)ccc1F. The van der Waals surface area contributed by atoms with Crippen molar-refractivity contribution in [2.45, 2.75) is 19.4 Å². The van der Waals surface area contributed by atoms with Crippen molar-refractivity contribution in [1.82, 2.24) is 5.32 Å². The summed E-state index contributed by atoms with van der Waals surface area (Å²) in [4.78, 5) is 0. The third-order valence-electron chi connectivity index (χ3n) is 3.24. The summed E-state index contributed by atoms with van der Waals surface area (Å²) in [5.74, 6) is -1.54. The van der Waals surface area contributed by atoms with Gasteiger partial charge in [-0.05, 0) is 42.8 Å². The molecule has 0 aliphatic heterocycles. The van der Waals surface area contributed by atoms with E-state index in [9.17, 15) is 13.2 Å². The van der Waals surface area contributed by atoms with E-state index in [-0.39, 0.29) is 17.0 Å². The standard InChI is InChI=1S/C16H15ClF3N/c1-2-21-15(12-9-11(18)6-7-13(12)19)8-10-4-3-5-14(20)16(10)17/h3-7,9,15,21H,2,8H2,1H3. The van der Waals surface area contributed by atoms with Gasteiger partial charge in [0, 0.05) is 11.6 Å². The zero-order valence-corrected chi connectivity index (χ0v) is 12.2. The smallest absolute Gasteiger partial charge is 0.142 e. The molecule has 1 atom stereocenters. The average molecular weight is 314 g/mol. The summed E-state index contributed by atoms with van der Waals surface area (Å²) in [5.41, 5.74) is 0.753. The van der Waals surface area contributed by atoms with Crippen molar-refractivity contribution in [3.05, 3.63) is 70.0 Å². The maximum absolute atomic E-state index is 13.9. The van der Waals surface area contributed by atoms with Crippen LogP contribution in [0.3, 0.4) is 0 Å². The van der Waals surface area contributed by atoms with Gasteiger partial charge in [0.05, 0.1) is 5.02 Å². The Kier molecular flexibility index (Phi) is 5.26. The third-order valence-corrected chi connectivity index (χ3v) is 3.66. The fraction of sp³-hybridized carbons (Fsp3) is 0.250. The van der Waals surface area contributed by atoms with Crippen molar-refractivity contribution in [3.8, 4) is 0 Å². The van der Waals surface area contributed by atoms with Crippen LogP contribution in [0.1, 0.15) is 24.1 Å². The molecule has 0 heterocycles. The Hall–Kier alpha value is -1.52.